The number of anilines is 1. The van der Waals surface area contributed by atoms with Crippen molar-refractivity contribution < 1.29 is 9.53 Å². The molecular formula is C22H27N3O2. The monoisotopic (exact) mass is 365 g/mol. The number of likely N-dealkylation sites (tertiary alicyclic amines) is 1. The van der Waals surface area contributed by atoms with Crippen molar-refractivity contribution in [2.75, 3.05) is 31.6 Å². The van der Waals surface area contributed by atoms with E-state index >= 15 is 0 Å². The Morgan fingerprint density at radius 2 is 2.04 bits per heavy atom. The number of urea groups is 1. The first-order valence-corrected chi connectivity index (χ1v) is 9.85. The van der Waals surface area contributed by atoms with Crippen molar-refractivity contribution in [1.82, 2.24) is 10.2 Å². The van der Waals surface area contributed by atoms with Crippen molar-refractivity contribution in [2.24, 2.45) is 5.92 Å². The lowest BCUT2D eigenvalue weighted by Crippen LogP contribution is -2.41. The van der Waals surface area contributed by atoms with E-state index in [4.69, 9.17) is 4.74 Å². The lowest BCUT2D eigenvalue weighted by molar-refractivity contribution is 0.206. The number of ether oxygens (including phenoxy) is 1. The van der Waals surface area contributed by atoms with Crippen molar-refractivity contribution in [2.45, 2.75) is 25.3 Å². The highest BCUT2D eigenvalue weighted by molar-refractivity contribution is 5.90. The summed E-state index contributed by atoms with van der Waals surface area (Å²) in [6.07, 6.45) is 3.06. The van der Waals surface area contributed by atoms with E-state index in [-0.39, 0.29) is 6.03 Å². The minimum atomic E-state index is -0.00701. The Morgan fingerprint density at radius 1 is 1.15 bits per heavy atom. The molecular weight excluding hydrogens is 338 g/mol. The van der Waals surface area contributed by atoms with Gasteiger partial charge in [-0.15, -0.1) is 0 Å². The number of amides is 2. The second-order valence-corrected chi connectivity index (χ2v) is 7.36. The van der Waals surface area contributed by atoms with Crippen LogP contribution in [0.1, 0.15) is 18.4 Å². The van der Waals surface area contributed by atoms with Crippen LogP contribution < -0.4 is 15.4 Å². The lowest BCUT2D eigenvalue weighted by Gasteiger charge is -2.23. The molecule has 2 aromatic rings. The van der Waals surface area contributed by atoms with E-state index in [1.807, 2.05) is 35.2 Å². The minimum absolute atomic E-state index is 0.00701. The summed E-state index contributed by atoms with van der Waals surface area (Å²) < 4.78 is 5.87. The van der Waals surface area contributed by atoms with Gasteiger partial charge >= 0.3 is 6.03 Å². The van der Waals surface area contributed by atoms with E-state index in [9.17, 15) is 4.79 Å². The van der Waals surface area contributed by atoms with Crippen LogP contribution in [0, 0.1) is 5.92 Å². The maximum absolute atomic E-state index is 12.6. The molecule has 0 aromatic heterocycles. The average Bonchev–Trinajstić information content (AvgIpc) is 3.30. The molecule has 2 atom stereocenters. The molecule has 0 saturated carbocycles. The van der Waals surface area contributed by atoms with Crippen molar-refractivity contribution in [3.63, 3.8) is 0 Å². The van der Waals surface area contributed by atoms with Crippen LogP contribution in [0.3, 0.4) is 0 Å². The summed E-state index contributed by atoms with van der Waals surface area (Å²) in [6, 6.07) is 18.4. The van der Waals surface area contributed by atoms with Gasteiger partial charge in [-0.25, -0.2) is 4.79 Å². The first kappa shape index (κ1) is 17.9. The number of carbonyl (C=O) groups is 1. The molecule has 27 heavy (non-hydrogen) atoms. The van der Waals surface area contributed by atoms with Crippen LogP contribution in [0.25, 0.3) is 0 Å². The number of aryl methyl sites for hydroxylation is 1. The third-order valence-corrected chi connectivity index (χ3v) is 5.51. The second kappa shape index (κ2) is 8.44. The lowest BCUT2D eigenvalue weighted by atomic mass is 10.1. The zero-order valence-corrected chi connectivity index (χ0v) is 15.6. The summed E-state index contributed by atoms with van der Waals surface area (Å²) in [4.78, 5) is 14.6. The van der Waals surface area contributed by atoms with E-state index < -0.39 is 0 Å². The Balaban J connectivity index is 1.26. The van der Waals surface area contributed by atoms with E-state index in [1.54, 1.807) is 0 Å². The third kappa shape index (κ3) is 4.42. The summed E-state index contributed by atoms with van der Waals surface area (Å²) >= 11 is 0. The van der Waals surface area contributed by atoms with Crippen molar-refractivity contribution >= 4 is 11.7 Å². The normalized spacial score (nSPS) is 21.1. The van der Waals surface area contributed by atoms with E-state index in [2.05, 4.69) is 34.9 Å². The highest BCUT2D eigenvalue weighted by Crippen LogP contribution is 2.28. The minimum Gasteiger partial charge on any atom is -0.494 e. The molecule has 2 saturated heterocycles. The van der Waals surface area contributed by atoms with Gasteiger partial charge in [-0.05, 0) is 42.9 Å². The van der Waals surface area contributed by atoms with E-state index in [0.717, 1.165) is 50.3 Å². The molecule has 142 valence electrons. The van der Waals surface area contributed by atoms with Gasteiger partial charge in [-0.2, -0.15) is 0 Å². The molecule has 2 aromatic carbocycles. The number of fused-ring (bicyclic) bond motifs is 1. The summed E-state index contributed by atoms with van der Waals surface area (Å²) in [7, 11) is 0. The van der Waals surface area contributed by atoms with Gasteiger partial charge in [0.1, 0.15) is 5.75 Å². The number of hydrogen-bond acceptors (Lipinski definition) is 3. The van der Waals surface area contributed by atoms with Gasteiger partial charge < -0.3 is 20.3 Å². The molecule has 2 amide bonds. The maximum atomic E-state index is 12.6. The standard InChI is InChI=1S/C22H27N3O2/c26-22(25-12-11-18-15-23-16-21(18)25)24-19-9-4-10-20(14-19)27-13-5-8-17-6-2-1-3-7-17/h1-4,6-7,9-10,14,18,21,23H,5,8,11-13,15-16H2,(H,24,26)/t18-,21+/m0/s1. The van der Waals surface area contributed by atoms with Crippen LogP contribution in [0.15, 0.2) is 54.6 Å². The molecule has 0 bridgehead atoms. The second-order valence-electron chi connectivity index (χ2n) is 7.36. The van der Waals surface area contributed by atoms with Crippen LogP contribution in [0.4, 0.5) is 10.5 Å². The summed E-state index contributed by atoms with van der Waals surface area (Å²) in [5.74, 6) is 1.40. The Labute approximate surface area is 160 Å². The Hall–Kier alpha value is -2.53. The predicted molar refractivity (Wildman–Crippen MR) is 107 cm³/mol. The third-order valence-electron chi connectivity index (χ3n) is 5.51. The van der Waals surface area contributed by atoms with Gasteiger partial charge in [0.2, 0.25) is 0 Å². The van der Waals surface area contributed by atoms with Gasteiger partial charge in [0.25, 0.3) is 0 Å². The van der Waals surface area contributed by atoms with Crippen molar-refractivity contribution in [1.29, 1.82) is 0 Å². The number of hydrogen-bond donors (Lipinski definition) is 2. The number of carbonyl (C=O) groups excluding carboxylic acids is 1. The van der Waals surface area contributed by atoms with Crippen LogP contribution in [0.5, 0.6) is 5.75 Å². The maximum Gasteiger partial charge on any atom is 0.322 e. The molecule has 2 heterocycles. The molecule has 5 heteroatoms. The van der Waals surface area contributed by atoms with Gasteiger partial charge in [0, 0.05) is 37.4 Å². The van der Waals surface area contributed by atoms with Gasteiger partial charge in [-0.1, -0.05) is 36.4 Å². The van der Waals surface area contributed by atoms with Gasteiger partial charge in [-0.3, -0.25) is 0 Å². The Morgan fingerprint density at radius 3 is 2.93 bits per heavy atom. The Bertz CT molecular complexity index is 765. The fourth-order valence-electron chi connectivity index (χ4n) is 4.07. The highest BCUT2D eigenvalue weighted by Gasteiger charge is 2.39. The quantitative estimate of drug-likeness (QED) is 0.770. The smallest absolute Gasteiger partial charge is 0.322 e. The summed E-state index contributed by atoms with van der Waals surface area (Å²) in [6.45, 7) is 3.44. The molecule has 0 aliphatic carbocycles. The molecule has 2 aliphatic rings. The topological polar surface area (TPSA) is 53.6 Å². The van der Waals surface area contributed by atoms with E-state index in [1.165, 1.54) is 5.56 Å². The van der Waals surface area contributed by atoms with Crippen molar-refractivity contribution in [3.8, 4) is 5.75 Å². The largest absolute Gasteiger partial charge is 0.494 e. The molecule has 2 aliphatic heterocycles. The highest BCUT2D eigenvalue weighted by atomic mass is 16.5. The molecule has 5 nitrogen and oxygen atoms in total. The SMILES string of the molecule is O=C(Nc1cccc(OCCCc2ccccc2)c1)N1CC[C@H]2CNC[C@H]21. The predicted octanol–water partition coefficient (Wildman–Crippen LogP) is 3.52. The summed E-state index contributed by atoms with van der Waals surface area (Å²) in [5.41, 5.74) is 2.11. The number of rotatable bonds is 6. The first-order chi connectivity index (χ1) is 13.3. The average molecular weight is 365 g/mol. The fourth-order valence-corrected chi connectivity index (χ4v) is 4.07. The summed E-state index contributed by atoms with van der Waals surface area (Å²) in [5, 5.41) is 6.41. The molecule has 0 radical (unpaired) electrons. The van der Waals surface area contributed by atoms with Crippen LogP contribution in [-0.2, 0) is 6.42 Å². The number of benzene rings is 2. The molecule has 0 unspecified atom stereocenters. The molecule has 0 spiro atoms. The zero-order chi connectivity index (χ0) is 18.5. The zero-order valence-electron chi connectivity index (χ0n) is 15.6. The van der Waals surface area contributed by atoms with E-state index in [0.29, 0.717) is 18.6 Å². The van der Waals surface area contributed by atoms with Gasteiger partial charge in [0.05, 0.1) is 6.61 Å². The van der Waals surface area contributed by atoms with Crippen LogP contribution in [0.2, 0.25) is 0 Å². The van der Waals surface area contributed by atoms with Crippen LogP contribution in [-0.4, -0.2) is 43.2 Å². The fraction of sp³-hybridized carbons (Fsp3) is 0.409. The molecule has 2 N–H and O–H groups in total. The van der Waals surface area contributed by atoms with Crippen LogP contribution >= 0.6 is 0 Å². The Kier molecular flexibility index (Phi) is 5.58. The molecule has 4 rings (SSSR count). The number of nitrogens with one attached hydrogen (secondary N) is 2. The van der Waals surface area contributed by atoms with Crippen molar-refractivity contribution in [3.05, 3.63) is 60.2 Å². The van der Waals surface area contributed by atoms with Gasteiger partial charge in [0.15, 0.2) is 0 Å². The number of nitrogens with zero attached hydrogens (tertiary/aromatic N) is 1. The molecule has 2 fully saturated rings. The first-order valence-electron chi connectivity index (χ1n) is 9.85.